The van der Waals surface area contributed by atoms with Crippen molar-refractivity contribution < 1.29 is 9.53 Å². The van der Waals surface area contributed by atoms with Crippen molar-refractivity contribution in [1.82, 2.24) is 5.43 Å². The van der Waals surface area contributed by atoms with E-state index in [1.54, 1.807) is 6.92 Å². The quantitative estimate of drug-likeness (QED) is 0.361. The molecule has 0 unspecified atom stereocenters. The molecule has 3 N–H and O–H groups in total. The molecule has 0 fully saturated rings. The monoisotopic (exact) mass is 293 g/mol. The number of hydrogen-bond acceptors (Lipinski definition) is 4. The van der Waals surface area contributed by atoms with Gasteiger partial charge in [0.05, 0.1) is 12.3 Å². The number of hydrogen-bond donors (Lipinski definition) is 2. The van der Waals surface area contributed by atoms with Gasteiger partial charge in [0.2, 0.25) is 0 Å². The van der Waals surface area contributed by atoms with E-state index in [0.717, 1.165) is 16.8 Å². The molecule has 20 heavy (non-hydrogen) atoms. The number of nitrogens with zero attached hydrogens (tertiary/aromatic N) is 1. The Morgan fingerprint density at radius 3 is 2.60 bits per heavy atom. The predicted octanol–water partition coefficient (Wildman–Crippen LogP) is 1.74. The van der Waals surface area contributed by atoms with Crippen LogP contribution in [0.15, 0.2) is 29.4 Å². The van der Waals surface area contributed by atoms with Crippen molar-refractivity contribution in [3.05, 3.63) is 35.4 Å². The molecule has 0 radical (unpaired) electrons. The highest BCUT2D eigenvalue weighted by Crippen LogP contribution is 2.08. The Labute approximate surface area is 124 Å². The lowest BCUT2D eigenvalue weighted by molar-refractivity contribution is -0.143. The fourth-order valence-corrected chi connectivity index (χ4v) is 1.64. The summed E-state index contributed by atoms with van der Waals surface area (Å²) in [5.41, 5.74) is 10.7. The van der Waals surface area contributed by atoms with E-state index in [9.17, 15) is 4.79 Å². The van der Waals surface area contributed by atoms with Crippen LogP contribution >= 0.6 is 12.2 Å². The summed E-state index contributed by atoms with van der Waals surface area (Å²) < 4.78 is 4.89. The summed E-state index contributed by atoms with van der Waals surface area (Å²) in [6, 6.07) is 7.82. The van der Waals surface area contributed by atoms with E-state index in [-0.39, 0.29) is 11.1 Å². The molecular weight excluding hydrogens is 274 g/mol. The van der Waals surface area contributed by atoms with E-state index >= 15 is 0 Å². The zero-order valence-electron chi connectivity index (χ0n) is 11.7. The Morgan fingerprint density at radius 1 is 1.40 bits per heavy atom. The average molecular weight is 293 g/mol. The molecule has 0 aliphatic rings. The summed E-state index contributed by atoms with van der Waals surface area (Å²) in [5, 5.41) is 4.18. The van der Waals surface area contributed by atoms with E-state index in [1.807, 2.05) is 31.2 Å². The van der Waals surface area contributed by atoms with Crippen LogP contribution in [0.25, 0.3) is 0 Å². The maximum atomic E-state index is 11.3. The standard InChI is InChI=1S/C14H19N3O2S/c1-3-19-13(18)9-6-11-4-7-12(8-5-11)10(2)16-17-14(15)20/h4-5,7-8H,3,6,9H2,1-2H3,(H3,15,17,20)/b16-10+. The van der Waals surface area contributed by atoms with Gasteiger partial charge in [-0.3, -0.25) is 10.2 Å². The first-order valence-corrected chi connectivity index (χ1v) is 6.78. The van der Waals surface area contributed by atoms with Crippen molar-refractivity contribution >= 4 is 29.0 Å². The number of benzene rings is 1. The van der Waals surface area contributed by atoms with Gasteiger partial charge >= 0.3 is 5.97 Å². The van der Waals surface area contributed by atoms with E-state index in [2.05, 4.69) is 22.7 Å². The number of carbonyl (C=O) groups is 1. The van der Waals surface area contributed by atoms with Crippen molar-refractivity contribution in [2.75, 3.05) is 6.61 Å². The van der Waals surface area contributed by atoms with Crippen molar-refractivity contribution in [3.63, 3.8) is 0 Å². The third-order valence-electron chi connectivity index (χ3n) is 2.63. The molecule has 0 aliphatic carbocycles. The summed E-state index contributed by atoms with van der Waals surface area (Å²) >= 11 is 4.68. The van der Waals surface area contributed by atoms with Crippen LogP contribution < -0.4 is 11.2 Å². The van der Waals surface area contributed by atoms with E-state index in [4.69, 9.17) is 10.5 Å². The van der Waals surface area contributed by atoms with Crippen LogP contribution in [0.5, 0.6) is 0 Å². The van der Waals surface area contributed by atoms with Crippen LogP contribution in [0.2, 0.25) is 0 Å². The molecule has 0 saturated carbocycles. The number of ether oxygens (including phenoxy) is 1. The maximum absolute atomic E-state index is 11.3. The molecule has 0 bridgehead atoms. The van der Waals surface area contributed by atoms with Gasteiger partial charge in [0, 0.05) is 6.42 Å². The molecule has 0 spiro atoms. The second kappa shape index (κ2) is 8.27. The highest BCUT2D eigenvalue weighted by atomic mass is 32.1. The maximum Gasteiger partial charge on any atom is 0.306 e. The van der Waals surface area contributed by atoms with Gasteiger partial charge in [-0.15, -0.1) is 0 Å². The highest BCUT2D eigenvalue weighted by molar-refractivity contribution is 7.80. The van der Waals surface area contributed by atoms with Crippen LogP contribution in [0, 0.1) is 0 Å². The molecule has 1 rings (SSSR count). The van der Waals surface area contributed by atoms with Gasteiger partial charge in [0.15, 0.2) is 5.11 Å². The van der Waals surface area contributed by atoms with Gasteiger partial charge in [0.1, 0.15) is 0 Å². The smallest absolute Gasteiger partial charge is 0.306 e. The van der Waals surface area contributed by atoms with Gasteiger partial charge in [-0.2, -0.15) is 5.10 Å². The van der Waals surface area contributed by atoms with E-state index in [0.29, 0.717) is 19.4 Å². The summed E-state index contributed by atoms with van der Waals surface area (Å²) in [6.07, 6.45) is 1.06. The number of hydrazone groups is 1. The number of esters is 1. The summed E-state index contributed by atoms with van der Waals surface area (Å²) in [4.78, 5) is 11.3. The van der Waals surface area contributed by atoms with E-state index in [1.165, 1.54) is 0 Å². The van der Waals surface area contributed by atoms with Crippen LogP contribution in [-0.4, -0.2) is 23.4 Å². The molecule has 1 aromatic carbocycles. The summed E-state index contributed by atoms with van der Waals surface area (Å²) in [5.74, 6) is -0.171. The Hall–Kier alpha value is -1.95. The Morgan fingerprint density at radius 2 is 2.05 bits per heavy atom. The first kappa shape index (κ1) is 16.1. The molecule has 0 aromatic heterocycles. The first-order chi connectivity index (χ1) is 9.52. The predicted molar refractivity (Wildman–Crippen MR) is 83.5 cm³/mol. The average Bonchev–Trinajstić information content (AvgIpc) is 2.43. The Bertz CT molecular complexity index is 498. The lowest BCUT2D eigenvalue weighted by Crippen LogP contribution is -2.25. The van der Waals surface area contributed by atoms with Crippen molar-refractivity contribution in [2.24, 2.45) is 10.8 Å². The lowest BCUT2D eigenvalue weighted by Gasteiger charge is -2.05. The summed E-state index contributed by atoms with van der Waals surface area (Å²) in [6.45, 7) is 4.08. The number of aryl methyl sites for hydroxylation is 1. The molecular formula is C14H19N3O2S. The van der Waals surface area contributed by atoms with Crippen molar-refractivity contribution in [3.8, 4) is 0 Å². The molecule has 0 aliphatic heterocycles. The van der Waals surface area contributed by atoms with Crippen LogP contribution in [0.1, 0.15) is 31.4 Å². The Kier molecular flexibility index (Phi) is 6.66. The minimum atomic E-state index is -0.171. The Balaban J connectivity index is 2.58. The van der Waals surface area contributed by atoms with Crippen molar-refractivity contribution in [2.45, 2.75) is 26.7 Å². The third kappa shape index (κ3) is 5.79. The second-order valence-corrected chi connectivity index (χ2v) is 4.62. The summed E-state index contributed by atoms with van der Waals surface area (Å²) in [7, 11) is 0. The third-order valence-corrected chi connectivity index (χ3v) is 2.72. The molecule has 1 aromatic rings. The fourth-order valence-electron chi connectivity index (χ4n) is 1.60. The van der Waals surface area contributed by atoms with Gasteiger partial charge in [-0.1, -0.05) is 24.3 Å². The van der Waals surface area contributed by atoms with Crippen LogP contribution in [-0.2, 0) is 16.0 Å². The lowest BCUT2D eigenvalue weighted by atomic mass is 10.1. The number of carbonyl (C=O) groups excluding carboxylic acids is 1. The number of nitrogens with two attached hydrogens (primary N) is 1. The molecule has 0 heterocycles. The largest absolute Gasteiger partial charge is 0.466 e. The van der Waals surface area contributed by atoms with Gasteiger partial charge in [-0.25, -0.2) is 0 Å². The molecule has 5 nitrogen and oxygen atoms in total. The molecule has 0 saturated heterocycles. The second-order valence-electron chi connectivity index (χ2n) is 4.18. The van der Waals surface area contributed by atoms with Crippen LogP contribution in [0.3, 0.4) is 0 Å². The van der Waals surface area contributed by atoms with E-state index < -0.39 is 0 Å². The van der Waals surface area contributed by atoms with Gasteiger partial charge in [-0.05, 0) is 43.6 Å². The zero-order chi connectivity index (χ0) is 15.0. The molecule has 0 amide bonds. The fraction of sp³-hybridized carbons (Fsp3) is 0.357. The molecule has 6 heteroatoms. The molecule has 0 atom stereocenters. The van der Waals surface area contributed by atoms with Gasteiger partial charge < -0.3 is 10.5 Å². The number of thiocarbonyl (C=S) groups is 1. The normalized spacial score (nSPS) is 11.0. The first-order valence-electron chi connectivity index (χ1n) is 6.37. The van der Waals surface area contributed by atoms with Crippen LogP contribution in [0.4, 0.5) is 0 Å². The minimum absolute atomic E-state index is 0.135. The number of rotatable bonds is 6. The minimum Gasteiger partial charge on any atom is -0.466 e. The van der Waals surface area contributed by atoms with Crippen molar-refractivity contribution in [1.29, 1.82) is 0 Å². The van der Waals surface area contributed by atoms with Gasteiger partial charge in [0.25, 0.3) is 0 Å². The molecule has 108 valence electrons. The SMILES string of the molecule is CCOC(=O)CCc1ccc(/C(C)=N/NC(N)=S)cc1. The topological polar surface area (TPSA) is 76.7 Å². The highest BCUT2D eigenvalue weighted by Gasteiger charge is 2.03. The number of nitrogens with one attached hydrogen (secondary N) is 1. The zero-order valence-corrected chi connectivity index (χ0v) is 12.5.